The molecule has 1 saturated carbocycles. The highest BCUT2D eigenvalue weighted by molar-refractivity contribution is 5.92. The maximum absolute atomic E-state index is 10.9. The van der Waals surface area contributed by atoms with Gasteiger partial charge in [-0.25, -0.2) is 14.8 Å². The van der Waals surface area contributed by atoms with E-state index in [1.807, 2.05) is 0 Å². The van der Waals surface area contributed by atoms with Crippen LogP contribution in [0.2, 0.25) is 0 Å². The fraction of sp³-hybridized carbons (Fsp3) is 0.545. The second-order valence-corrected chi connectivity index (χ2v) is 4.12. The zero-order valence-electron chi connectivity index (χ0n) is 9.02. The van der Waals surface area contributed by atoms with Gasteiger partial charge < -0.3 is 10.4 Å². The van der Waals surface area contributed by atoms with E-state index in [2.05, 4.69) is 15.3 Å². The number of nitrogens with zero attached hydrogens (tertiary/aromatic N) is 2. The van der Waals surface area contributed by atoms with Crippen molar-refractivity contribution in [1.29, 1.82) is 0 Å². The summed E-state index contributed by atoms with van der Waals surface area (Å²) < 4.78 is 0. The number of rotatable bonds is 4. The number of nitrogens with one attached hydrogen (secondary N) is 1. The van der Waals surface area contributed by atoms with Gasteiger partial charge in [-0.05, 0) is 18.8 Å². The first kappa shape index (κ1) is 10.9. The van der Waals surface area contributed by atoms with Gasteiger partial charge in [0.25, 0.3) is 0 Å². The van der Waals surface area contributed by atoms with Crippen LogP contribution in [0.5, 0.6) is 0 Å². The summed E-state index contributed by atoms with van der Waals surface area (Å²) in [6.07, 6.45) is 7.69. The van der Waals surface area contributed by atoms with Crippen LogP contribution in [0.3, 0.4) is 0 Å². The van der Waals surface area contributed by atoms with Gasteiger partial charge in [0, 0.05) is 12.7 Å². The summed E-state index contributed by atoms with van der Waals surface area (Å²) in [5, 5.41) is 12.0. The topological polar surface area (TPSA) is 75.1 Å². The standard InChI is InChI=1S/C11H15N3O2/c15-11(16)9-6-12-7-14-10(9)13-5-8-3-1-2-4-8/h6-8H,1-5H2,(H,15,16)(H,12,13,14). The minimum absolute atomic E-state index is 0.139. The van der Waals surface area contributed by atoms with E-state index in [4.69, 9.17) is 5.11 Å². The third-order valence-electron chi connectivity index (χ3n) is 2.98. The van der Waals surface area contributed by atoms with Crippen molar-refractivity contribution in [2.24, 2.45) is 5.92 Å². The van der Waals surface area contributed by atoms with E-state index in [0.29, 0.717) is 11.7 Å². The molecule has 1 aliphatic carbocycles. The van der Waals surface area contributed by atoms with Crippen LogP contribution in [0.25, 0.3) is 0 Å². The van der Waals surface area contributed by atoms with Gasteiger partial charge in [-0.2, -0.15) is 0 Å². The normalized spacial score (nSPS) is 16.2. The summed E-state index contributed by atoms with van der Waals surface area (Å²) >= 11 is 0. The van der Waals surface area contributed by atoms with Crippen molar-refractivity contribution < 1.29 is 9.90 Å². The van der Waals surface area contributed by atoms with E-state index in [9.17, 15) is 4.79 Å². The molecule has 0 aliphatic heterocycles. The van der Waals surface area contributed by atoms with Gasteiger partial charge in [0.15, 0.2) is 0 Å². The molecule has 1 aromatic rings. The molecule has 0 spiro atoms. The molecule has 1 aromatic heterocycles. The van der Waals surface area contributed by atoms with Gasteiger partial charge >= 0.3 is 5.97 Å². The number of carbonyl (C=O) groups is 1. The number of carboxylic acids is 1. The Labute approximate surface area is 93.9 Å². The number of aromatic nitrogens is 2. The number of carboxylic acid groups (broad SMARTS) is 1. The molecule has 0 radical (unpaired) electrons. The Morgan fingerprint density at radius 2 is 2.25 bits per heavy atom. The molecule has 5 nitrogen and oxygen atoms in total. The quantitative estimate of drug-likeness (QED) is 0.810. The molecule has 2 N–H and O–H groups in total. The Kier molecular flexibility index (Phi) is 3.34. The van der Waals surface area contributed by atoms with E-state index in [1.54, 1.807) is 0 Å². The van der Waals surface area contributed by atoms with Crippen LogP contribution in [0.15, 0.2) is 12.5 Å². The SMILES string of the molecule is O=C(O)c1cncnc1NCC1CCCC1. The largest absolute Gasteiger partial charge is 0.477 e. The van der Waals surface area contributed by atoms with Gasteiger partial charge in [-0.3, -0.25) is 0 Å². The van der Waals surface area contributed by atoms with Crippen molar-refractivity contribution in [2.45, 2.75) is 25.7 Å². The predicted molar refractivity (Wildman–Crippen MR) is 59.4 cm³/mol. The first-order valence-corrected chi connectivity index (χ1v) is 5.54. The molecule has 1 fully saturated rings. The molecule has 0 saturated heterocycles. The minimum atomic E-state index is -0.991. The number of anilines is 1. The molecule has 0 unspecified atom stereocenters. The highest BCUT2D eigenvalue weighted by Crippen LogP contribution is 2.25. The van der Waals surface area contributed by atoms with Crippen LogP contribution in [0, 0.1) is 5.92 Å². The van der Waals surface area contributed by atoms with Crippen LogP contribution in [-0.4, -0.2) is 27.6 Å². The second kappa shape index (κ2) is 4.92. The molecule has 0 bridgehead atoms. The molecule has 5 heteroatoms. The summed E-state index contributed by atoms with van der Waals surface area (Å²) in [6.45, 7) is 0.803. The Bertz CT molecular complexity index is 375. The van der Waals surface area contributed by atoms with Crippen LogP contribution < -0.4 is 5.32 Å². The van der Waals surface area contributed by atoms with Crippen molar-refractivity contribution in [3.63, 3.8) is 0 Å². The molecular formula is C11H15N3O2. The van der Waals surface area contributed by atoms with E-state index < -0.39 is 5.97 Å². The highest BCUT2D eigenvalue weighted by atomic mass is 16.4. The summed E-state index contributed by atoms with van der Waals surface area (Å²) in [4.78, 5) is 18.6. The molecule has 16 heavy (non-hydrogen) atoms. The zero-order chi connectivity index (χ0) is 11.4. The van der Waals surface area contributed by atoms with E-state index >= 15 is 0 Å². The van der Waals surface area contributed by atoms with Crippen LogP contribution in [-0.2, 0) is 0 Å². The maximum Gasteiger partial charge on any atom is 0.341 e. The van der Waals surface area contributed by atoms with E-state index in [-0.39, 0.29) is 5.56 Å². The number of aromatic carboxylic acids is 1. The average Bonchev–Trinajstić information content (AvgIpc) is 2.79. The number of hydrogen-bond acceptors (Lipinski definition) is 4. The number of hydrogen-bond donors (Lipinski definition) is 2. The summed E-state index contributed by atoms with van der Waals surface area (Å²) in [5.74, 6) is 0.0838. The first-order chi connectivity index (χ1) is 7.77. The Morgan fingerprint density at radius 1 is 1.50 bits per heavy atom. The van der Waals surface area contributed by atoms with Crippen molar-refractivity contribution in [1.82, 2.24) is 9.97 Å². The molecule has 2 rings (SSSR count). The zero-order valence-corrected chi connectivity index (χ0v) is 9.02. The molecule has 1 heterocycles. The van der Waals surface area contributed by atoms with Crippen molar-refractivity contribution in [3.8, 4) is 0 Å². The minimum Gasteiger partial charge on any atom is -0.477 e. The second-order valence-electron chi connectivity index (χ2n) is 4.12. The fourth-order valence-electron chi connectivity index (χ4n) is 2.08. The lowest BCUT2D eigenvalue weighted by atomic mass is 10.1. The van der Waals surface area contributed by atoms with Crippen LogP contribution in [0.4, 0.5) is 5.82 Å². The molecule has 1 aliphatic rings. The van der Waals surface area contributed by atoms with Crippen molar-refractivity contribution in [2.75, 3.05) is 11.9 Å². The first-order valence-electron chi connectivity index (χ1n) is 5.54. The average molecular weight is 221 g/mol. The summed E-state index contributed by atoms with van der Waals surface area (Å²) in [5.41, 5.74) is 0.139. The Balaban J connectivity index is 2.00. The van der Waals surface area contributed by atoms with Gasteiger partial charge in [0.05, 0.1) is 0 Å². The lowest BCUT2D eigenvalue weighted by molar-refractivity contribution is 0.0697. The van der Waals surface area contributed by atoms with Gasteiger partial charge in [-0.15, -0.1) is 0 Å². The van der Waals surface area contributed by atoms with Gasteiger partial charge in [-0.1, -0.05) is 12.8 Å². The smallest absolute Gasteiger partial charge is 0.341 e. The van der Waals surface area contributed by atoms with Gasteiger partial charge in [0.1, 0.15) is 17.7 Å². The highest BCUT2D eigenvalue weighted by Gasteiger charge is 2.16. The third kappa shape index (κ3) is 2.48. The summed E-state index contributed by atoms with van der Waals surface area (Å²) in [7, 11) is 0. The lowest BCUT2D eigenvalue weighted by Crippen LogP contribution is -2.15. The Hall–Kier alpha value is -1.65. The molecule has 86 valence electrons. The van der Waals surface area contributed by atoms with E-state index in [0.717, 1.165) is 6.54 Å². The van der Waals surface area contributed by atoms with E-state index in [1.165, 1.54) is 38.2 Å². The van der Waals surface area contributed by atoms with Crippen LogP contribution in [0.1, 0.15) is 36.0 Å². The van der Waals surface area contributed by atoms with Crippen LogP contribution >= 0.6 is 0 Å². The summed E-state index contributed by atoms with van der Waals surface area (Å²) in [6, 6.07) is 0. The maximum atomic E-state index is 10.9. The molecule has 0 atom stereocenters. The third-order valence-corrected chi connectivity index (χ3v) is 2.98. The lowest BCUT2D eigenvalue weighted by Gasteiger charge is -2.12. The van der Waals surface area contributed by atoms with Crippen molar-refractivity contribution >= 4 is 11.8 Å². The molecular weight excluding hydrogens is 206 g/mol. The fourth-order valence-corrected chi connectivity index (χ4v) is 2.08. The molecule has 0 amide bonds. The Morgan fingerprint density at radius 3 is 2.94 bits per heavy atom. The predicted octanol–water partition coefficient (Wildman–Crippen LogP) is 1.78. The monoisotopic (exact) mass is 221 g/mol. The van der Waals surface area contributed by atoms with Gasteiger partial charge in [0.2, 0.25) is 0 Å². The van der Waals surface area contributed by atoms with Crippen molar-refractivity contribution in [3.05, 3.63) is 18.1 Å². The molecule has 0 aromatic carbocycles.